The van der Waals surface area contributed by atoms with Crippen molar-refractivity contribution in [1.29, 1.82) is 0 Å². The topological polar surface area (TPSA) is 63.3 Å². The molecule has 4 heteroatoms. The zero-order valence-electron chi connectivity index (χ0n) is 10.0. The maximum absolute atomic E-state index is 10.7. The molecule has 0 heterocycles. The number of nitrogens with two attached hydrogens (primary N) is 1. The number of halogens is 1. The molecule has 1 aliphatic carbocycles. The number of aliphatic carboxylic acids is 1. The normalized spacial score (nSPS) is 20.9. The highest BCUT2D eigenvalue weighted by molar-refractivity contribution is 5.85. The number of carbonyl (C=O) groups is 1. The third-order valence-corrected chi connectivity index (χ3v) is 3.71. The van der Waals surface area contributed by atoms with Crippen LogP contribution < -0.4 is 5.73 Å². The van der Waals surface area contributed by atoms with E-state index in [9.17, 15) is 4.79 Å². The van der Waals surface area contributed by atoms with Gasteiger partial charge in [-0.15, -0.1) is 12.4 Å². The smallest absolute Gasteiger partial charge is 0.320 e. The molecule has 0 aromatic carbocycles. The summed E-state index contributed by atoms with van der Waals surface area (Å²) < 4.78 is 0. The predicted molar refractivity (Wildman–Crippen MR) is 67.8 cm³/mol. The molecule has 1 unspecified atom stereocenters. The Balaban J connectivity index is 0.00000225. The highest BCUT2D eigenvalue weighted by atomic mass is 35.5. The van der Waals surface area contributed by atoms with Gasteiger partial charge in [0.25, 0.3) is 0 Å². The van der Waals surface area contributed by atoms with Crippen molar-refractivity contribution < 1.29 is 9.90 Å². The molecule has 1 fully saturated rings. The summed E-state index contributed by atoms with van der Waals surface area (Å²) in [7, 11) is 0. The van der Waals surface area contributed by atoms with E-state index in [1.165, 1.54) is 32.1 Å². The molecule has 0 amide bonds. The lowest BCUT2D eigenvalue weighted by Gasteiger charge is -2.30. The van der Waals surface area contributed by atoms with Gasteiger partial charge >= 0.3 is 5.97 Å². The highest BCUT2D eigenvalue weighted by Crippen LogP contribution is 2.33. The van der Waals surface area contributed by atoms with Gasteiger partial charge in [0.15, 0.2) is 0 Å². The Labute approximate surface area is 104 Å². The van der Waals surface area contributed by atoms with Crippen LogP contribution in [0.15, 0.2) is 0 Å². The highest BCUT2D eigenvalue weighted by Gasteiger charge is 2.25. The predicted octanol–water partition coefficient (Wildman–Crippen LogP) is 2.82. The minimum Gasteiger partial charge on any atom is -0.480 e. The third-order valence-electron chi connectivity index (χ3n) is 3.71. The van der Waals surface area contributed by atoms with Crippen LogP contribution in [0.4, 0.5) is 0 Å². The minimum absolute atomic E-state index is 0. The maximum atomic E-state index is 10.7. The van der Waals surface area contributed by atoms with Crippen LogP contribution in [0.5, 0.6) is 0 Å². The molecule has 3 N–H and O–H groups in total. The number of hydrogen-bond donors (Lipinski definition) is 2. The van der Waals surface area contributed by atoms with Crippen LogP contribution in [0.2, 0.25) is 0 Å². The van der Waals surface area contributed by atoms with Gasteiger partial charge in [-0.2, -0.15) is 0 Å². The Hall–Kier alpha value is -0.280. The number of carboxylic acids is 1. The van der Waals surface area contributed by atoms with Crippen molar-refractivity contribution in [3.63, 3.8) is 0 Å². The molecular formula is C12H24ClNO2. The summed E-state index contributed by atoms with van der Waals surface area (Å²) in [5.41, 5.74) is 5.60. The van der Waals surface area contributed by atoms with Gasteiger partial charge in [-0.05, 0) is 18.3 Å². The van der Waals surface area contributed by atoms with Crippen LogP contribution in [0, 0.1) is 11.8 Å². The first-order chi connectivity index (χ1) is 7.15. The lowest BCUT2D eigenvalue weighted by atomic mass is 9.76. The summed E-state index contributed by atoms with van der Waals surface area (Å²) in [5.74, 6) is 0.370. The van der Waals surface area contributed by atoms with Gasteiger partial charge in [-0.1, -0.05) is 45.4 Å². The molecule has 0 aromatic heterocycles. The van der Waals surface area contributed by atoms with Crippen molar-refractivity contribution in [2.45, 2.75) is 57.9 Å². The minimum atomic E-state index is -0.857. The number of rotatable bonds is 5. The standard InChI is InChI=1S/C12H23NO2.ClH/c1-2-9(8-11(13)12(14)15)10-6-4-3-5-7-10;/h9-11H,2-8,13H2,1H3,(H,14,15);1H/t9?,11-;/m1./s1. The summed E-state index contributed by atoms with van der Waals surface area (Å²) in [6, 6.07) is -0.670. The second-order valence-corrected chi connectivity index (χ2v) is 4.75. The third kappa shape index (κ3) is 4.71. The van der Waals surface area contributed by atoms with Gasteiger partial charge in [-0.3, -0.25) is 4.79 Å². The van der Waals surface area contributed by atoms with Gasteiger partial charge in [0.2, 0.25) is 0 Å². The largest absolute Gasteiger partial charge is 0.480 e. The first-order valence-corrected chi connectivity index (χ1v) is 6.13. The van der Waals surface area contributed by atoms with Crippen molar-refractivity contribution >= 4 is 18.4 Å². The maximum Gasteiger partial charge on any atom is 0.320 e. The van der Waals surface area contributed by atoms with Crippen LogP contribution in [-0.2, 0) is 4.79 Å². The van der Waals surface area contributed by atoms with E-state index < -0.39 is 12.0 Å². The zero-order chi connectivity index (χ0) is 11.3. The van der Waals surface area contributed by atoms with E-state index in [2.05, 4.69) is 6.92 Å². The van der Waals surface area contributed by atoms with Gasteiger partial charge in [0.05, 0.1) is 0 Å². The van der Waals surface area contributed by atoms with E-state index >= 15 is 0 Å². The van der Waals surface area contributed by atoms with Crippen LogP contribution in [0.1, 0.15) is 51.9 Å². The molecule has 0 saturated heterocycles. The van der Waals surface area contributed by atoms with E-state index in [-0.39, 0.29) is 12.4 Å². The first kappa shape index (κ1) is 15.7. The summed E-state index contributed by atoms with van der Waals surface area (Å²) in [6.45, 7) is 2.15. The lowest BCUT2D eigenvalue weighted by molar-refractivity contribution is -0.139. The summed E-state index contributed by atoms with van der Waals surface area (Å²) in [4.78, 5) is 10.7. The van der Waals surface area contributed by atoms with Gasteiger partial charge in [0.1, 0.15) is 6.04 Å². The van der Waals surface area contributed by atoms with E-state index in [1.807, 2.05) is 0 Å². The van der Waals surface area contributed by atoms with E-state index in [1.54, 1.807) is 0 Å². The monoisotopic (exact) mass is 249 g/mol. The molecule has 2 atom stereocenters. The van der Waals surface area contributed by atoms with Crippen LogP contribution >= 0.6 is 12.4 Å². The Morgan fingerprint density at radius 1 is 1.38 bits per heavy atom. The van der Waals surface area contributed by atoms with Crippen molar-refractivity contribution in [2.24, 2.45) is 17.6 Å². The number of hydrogen-bond acceptors (Lipinski definition) is 2. The van der Waals surface area contributed by atoms with E-state index in [4.69, 9.17) is 10.8 Å². The first-order valence-electron chi connectivity index (χ1n) is 6.13. The average Bonchev–Trinajstić information content (AvgIpc) is 2.26. The van der Waals surface area contributed by atoms with Crippen LogP contribution in [0.25, 0.3) is 0 Å². The molecule has 3 nitrogen and oxygen atoms in total. The molecule has 16 heavy (non-hydrogen) atoms. The Bertz CT molecular complexity index is 205. The molecular weight excluding hydrogens is 226 g/mol. The van der Waals surface area contributed by atoms with Crippen LogP contribution in [-0.4, -0.2) is 17.1 Å². The van der Waals surface area contributed by atoms with Crippen molar-refractivity contribution in [3.8, 4) is 0 Å². The molecule has 1 rings (SSSR count). The van der Waals surface area contributed by atoms with Crippen molar-refractivity contribution in [3.05, 3.63) is 0 Å². The fraction of sp³-hybridized carbons (Fsp3) is 0.917. The Morgan fingerprint density at radius 2 is 1.94 bits per heavy atom. The second-order valence-electron chi connectivity index (χ2n) is 4.75. The summed E-state index contributed by atoms with van der Waals surface area (Å²) in [5, 5.41) is 8.80. The fourth-order valence-electron chi connectivity index (χ4n) is 2.73. The number of carboxylic acid groups (broad SMARTS) is 1. The average molecular weight is 250 g/mol. The quantitative estimate of drug-likeness (QED) is 0.788. The van der Waals surface area contributed by atoms with E-state index in [0.29, 0.717) is 18.3 Å². The Morgan fingerprint density at radius 3 is 2.38 bits per heavy atom. The van der Waals surface area contributed by atoms with E-state index in [0.717, 1.165) is 6.42 Å². The molecule has 0 aromatic rings. The molecule has 0 radical (unpaired) electrons. The molecule has 1 aliphatic rings. The fourth-order valence-corrected chi connectivity index (χ4v) is 2.73. The molecule has 0 aliphatic heterocycles. The summed E-state index contributed by atoms with van der Waals surface area (Å²) >= 11 is 0. The van der Waals surface area contributed by atoms with Crippen molar-refractivity contribution in [2.75, 3.05) is 0 Å². The molecule has 96 valence electrons. The zero-order valence-corrected chi connectivity index (χ0v) is 10.8. The second kappa shape index (κ2) is 7.91. The van der Waals surface area contributed by atoms with Crippen LogP contribution in [0.3, 0.4) is 0 Å². The Kier molecular flexibility index (Phi) is 7.77. The molecule has 1 saturated carbocycles. The van der Waals surface area contributed by atoms with Crippen molar-refractivity contribution in [1.82, 2.24) is 0 Å². The van der Waals surface area contributed by atoms with Gasteiger partial charge in [-0.25, -0.2) is 0 Å². The lowest BCUT2D eigenvalue weighted by Crippen LogP contribution is -2.34. The van der Waals surface area contributed by atoms with Gasteiger partial charge in [0, 0.05) is 0 Å². The SMILES string of the molecule is CCC(C[C@@H](N)C(=O)O)C1CCCCC1.Cl. The molecule has 0 bridgehead atoms. The molecule has 0 spiro atoms. The van der Waals surface area contributed by atoms with Gasteiger partial charge < -0.3 is 10.8 Å². The summed E-state index contributed by atoms with van der Waals surface area (Å²) in [6.07, 6.45) is 8.21.